The maximum absolute atomic E-state index is 11.5. The summed E-state index contributed by atoms with van der Waals surface area (Å²) in [6.45, 7) is -1.03. The molecule has 0 heterocycles. The highest BCUT2D eigenvalue weighted by molar-refractivity contribution is 7.33. The van der Waals surface area contributed by atoms with Crippen LogP contribution in [0.25, 0.3) is 0 Å². The molecule has 0 saturated carbocycles. The quantitative estimate of drug-likeness (QED) is 0.453. The van der Waals surface area contributed by atoms with Crippen LogP contribution in [-0.2, 0) is 26.8 Å². The molecule has 2 aromatic carbocycles. The summed E-state index contributed by atoms with van der Waals surface area (Å²) in [4.78, 5) is 0. The van der Waals surface area contributed by atoms with Crippen molar-refractivity contribution in [1.29, 1.82) is 0 Å². The molecule has 0 aliphatic heterocycles. The van der Waals surface area contributed by atoms with E-state index >= 15 is 0 Å². The molecule has 0 unspecified atom stereocenters. The van der Waals surface area contributed by atoms with Gasteiger partial charge in [0, 0.05) is 4.57 Å². The van der Waals surface area contributed by atoms with Gasteiger partial charge in [-0.3, -0.25) is 0 Å². The van der Waals surface area contributed by atoms with Crippen molar-refractivity contribution in [3.05, 3.63) is 71.8 Å². The highest BCUT2D eigenvalue weighted by Crippen LogP contribution is 2.27. The van der Waals surface area contributed by atoms with Crippen LogP contribution in [0.2, 0.25) is 0 Å². The number of rotatable bonds is 10. The molecule has 2 rings (SSSR count). The minimum absolute atomic E-state index is 0.296. The van der Waals surface area contributed by atoms with E-state index in [9.17, 15) is 4.57 Å². The molecular formula is C19H26O7P+. The van der Waals surface area contributed by atoms with Crippen molar-refractivity contribution in [3.63, 3.8) is 0 Å². The van der Waals surface area contributed by atoms with Crippen LogP contribution in [0.15, 0.2) is 60.7 Å². The fraction of sp³-hybridized carbons (Fsp3) is 0.368. The second-order valence-corrected chi connectivity index (χ2v) is 6.84. The third kappa shape index (κ3) is 9.17. The van der Waals surface area contributed by atoms with E-state index in [1.807, 2.05) is 60.7 Å². The lowest BCUT2D eigenvalue weighted by molar-refractivity contribution is -0.0328. The number of hydrogen-bond acceptors (Lipinski definition) is 7. The smallest absolute Gasteiger partial charge is 0.396 e. The second kappa shape index (κ2) is 13.5. The molecule has 0 aliphatic rings. The summed E-state index contributed by atoms with van der Waals surface area (Å²) < 4.78 is 21.8. The normalized spacial score (nSPS) is 10.8. The Bertz CT molecular complexity index is 570. The molecule has 0 spiro atoms. The number of benzene rings is 2. The number of aliphatic hydroxyl groups is 4. The van der Waals surface area contributed by atoms with Crippen LogP contribution in [0.1, 0.15) is 11.1 Å². The molecule has 4 N–H and O–H groups in total. The molecule has 0 bridgehead atoms. The van der Waals surface area contributed by atoms with Crippen molar-refractivity contribution in [1.82, 2.24) is 0 Å². The average molecular weight is 397 g/mol. The van der Waals surface area contributed by atoms with Gasteiger partial charge in [0.1, 0.15) is 13.2 Å². The van der Waals surface area contributed by atoms with Crippen molar-refractivity contribution >= 4 is 8.25 Å². The Balaban J connectivity index is 0.000000345. The molecule has 7 nitrogen and oxygen atoms in total. The van der Waals surface area contributed by atoms with E-state index in [-0.39, 0.29) is 0 Å². The maximum Gasteiger partial charge on any atom is 0.698 e. The largest absolute Gasteiger partial charge is 0.698 e. The monoisotopic (exact) mass is 397 g/mol. The van der Waals surface area contributed by atoms with Gasteiger partial charge in [0.2, 0.25) is 0 Å². The number of hydrogen-bond donors (Lipinski definition) is 4. The van der Waals surface area contributed by atoms with Crippen LogP contribution in [-0.4, -0.2) is 46.9 Å². The fourth-order valence-electron chi connectivity index (χ4n) is 1.74. The van der Waals surface area contributed by atoms with Crippen LogP contribution >= 0.6 is 8.25 Å². The lowest BCUT2D eigenvalue weighted by Crippen LogP contribution is -2.37. The van der Waals surface area contributed by atoms with Crippen LogP contribution < -0.4 is 0 Å². The first-order chi connectivity index (χ1) is 13.1. The van der Waals surface area contributed by atoms with Gasteiger partial charge in [0.15, 0.2) is 0 Å². The van der Waals surface area contributed by atoms with Gasteiger partial charge in [-0.25, -0.2) is 0 Å². The molecule has 0 fully saturated rings. The van der Waals surface area contributed by atoms with Crippen molar-refractivity contribution < 1.29 is 34.0 Å². The van der Waals surface area contributed by atoms with E-state index in [1.165, 1.54) is 0 Å². The van der Waals surface area contributed by atoms with Crippen molar-refractivity contribution in [2.24, 2.45) is 5.41 Å². The fourth-order valence-corrected chi connectivity index (χ4v) is 2.32. The first-order valence-electron chi connectivity index (χ1n) is 8.33. The van der Waals surface area contributed by atoms with Crippen molar-refractivity contribution in [2.45, 2.75) is 13.2 Å². The zero-order chi connectivity index (χ0) is 20.0. The Kier molecular flexibility index (Phi) is 11.6. The predicted octanol–water partition coefficient (Wildman–Crippen LogP) is 2.02. The minimum atomic E-state index is -2.08. The van der Waals surface area contributed by atoms with Crippen LogP contribution in [0, 0.1) is 5.41 Å². The second-order valence-electron chi connectivity index (χ2n) is 5.87. The van der Waals surface area contributed by atoms with Gasteiger partial charge >= 0.3 is 8.25 Å². The van der Waals surface area contributed by atoms with E-state index < -0.39 is 40.1 Å². The first kappa shape index (κ1) is 23.3. The Labute approximate surface area is 159 Å². The van der Waals surface area contributed by atoms with Crippen LogP contribution in [0.5, 0.6) is 0 Å². The topological polar surface area (TPSA) is 116 Å². The Morgan fingerprint density at radius 2 is 1.00 bits per heavy atom. The zero-order valence-corrected chi connectivity index (χ0v) is 15.9. The standard InChI is InChI=1S/C14H14O3P.C5H12O4/c15-18(16-11-13-7-3-1-4-8-13)17-12-14-9-5-2-6-10-14;6-1-5(2-7,3-8)4-9/h1-10H,11-12H2;6-9H,1-4H2/q+1;. The molecule has 0 saturated heterocycles. The van der Waals surface area contributed by atoms with Gasteiger partial charge in [-0.1, -0.05) is 60.7 Å². The van der Waals surface area contributed by atoms with E-state index in [0.717, 1.165) is 11.1 Å². The highest BCUT2D eigenvalue weighted by atomic mass is 31.1. The lowest BCUT2D eigenvalue weighted by Gasteiger charge is -2.23. The predicted molar refractivity (Wildman–Crippen MR) is 101 cm³/mol. The Morgan fingerprint density at radius 1 is 0.667 bits per heavy atom. The molecule has 8 heteroatoms. The lowest BCUT2D eigenvalue weighted by atomic mass is 9.93. The molecule has 27 heavy (non-hydrogen) atoms. The van der Waals surface area contributed by atoms with Gasteiger partial charge in [-0.05, 0) is 11.1 Å². The van der Waals surface area contributed by atoms with Crippen LogP contribution in [0.3, 0.4) is 0 Å². The average Bonchev–Trinajstić information content (AvgIpc) is 2.75. The summed E-state index contributed by atoms with van der Waals surface area (Å²) in [5.41, 5.74) is 0.841. The van der Waals surface area contributed by atoms with Gasteiger partial charge in [-0.15, -0.1) is 9.05 Å². The number of aliphatic hydroxyl groups excluding tert-OH is 4. The van der Waals surface area contributed by atoms with Gasteiger partial charge in [0.25, 0.3) is 0 Å². The third-order valence-corrected chi connectivity index (χ3v) is 4.38. The summed E-state index contributed by atoms with van der Waals surface area (Å²) in [6.07, 6.45) is 0. The first-order valence-corrected chi connectivity index (χ1v) is 9.43. The molecule has 0 radical (unpaired) electrons. The molecule has 0 atom stereocenters. The van der Waals surface area contributed by atoms with Crippen LogP contribution in [0.4, 0.5) is 0 Å². The summed E-state index contributed by atoms with van der Waals surface area (Å²) >= 11 is 0. The molecule has 148 valence electrons. The van der Waals surface area contributed by atoms with E-state index in [4.69, 9.17) is 29.5 Å². The summed E-state index contributed by atoms with van der Waals surface area (Å²) in [6, 6.07) is 19.2. The van der Waals surface area contributed by atoms with E-state index in [0.29, 0.717) is 13.2 Å². The van der Waals surface area contributed by atoms with E-state index in [2.05, 4.69) is 0 Å². The minimum Gasteiger partial charge on any atom is -0.396 e. The van der Waals surface area contributed by atoms with Crippen molar-refractivity contribution in [3.8, 4) is 0 Å². The molecule has 2 aromatic rings. The van der Waals surface area contributed by atoms with E-state index in [1.54, 1.807) is 0 Å². The molecule has 0 amide bonds. The van der Waals surface area contributed by atoms with Gasteiger partial charge in [-0.2, -0.15) is 0 Å². The van der Waals surface area contributed by atoms with Crippen molar-refractivity contribution in [2.75, 3.05) is 26.4 Å². The molecule has 0 aromatic heterocycles. The summed E-state index contributed by atoms with van der Waals surface area (Å²) in [5.74, 6) is 0. The Hall–Kier alpha value is -1.70. The zero-order valence-electron chi connectivity index (χ0n) is 15.0. The van der Waals surface area contributed by atoms with Gasteiger partial charge < -0.3 is 20.4 Å². The summed E-state index contributed by atoms with van der Waals surface area (Å²) in [7, 11) is -2.08. The SMILES string of the molecule is O=[P+](OCc1ccccc1)OCc1ccccc1.OCC(CO)(CO)CO. The summed E-state index contributed by atoms with van der Waals surface area (Å²) in [5, 5.41) is 34.0. The highest BCUT2D eigenvalue weighted by Gasteiger charge is 2.26. The maximum atomic E-state index is 11.5. The third-order valence-electron chi connectivity index (χ3n) is 3.70. The molecular weight excluding hydrogens is 371 g/mol. The molecule has 0 aliphatic carbocycles. The van der Waals surface area contributed by atoms with Gasteiger partial charge in [0.05, 0.1) is 31.8 Å². The Morgan fingerprint density at radius 3 is 1.26 bits per heavy atom.